The van der Waals surface area contributed by atoms with E-state index in [0.717, 1.165) is 61.3 Å². The topological polar surface area (TPSA) is 112 Å². The lowest BCUT2D eigenvalue weighted by atomic mass is 9.98. The number of aromatic nitrogens is 4. The zero-order valence-electron chi connectivity index (χ0n) is 27.7. The third-order valence-electron chi connectivity index (χ3n) is 9.28. The molecule has 2 fully saturated rings. The van der Waals surface area contributed by atoms with Gasteiger partial charge < -0.3 is 19.5 Å². The molecule has 2 aliphatic rings. The Bertz CT molecular complexity index is 1810. The van der Waals surface area contributed by atoms with E-state index in [9.17, 15) is 4.79 Å². The third-order valence-corrected chi connectivity index (χ3v) is 10.1. The molecular formula is C36H40Cl2N6O4. The number of carbonyl (C=O) groups excluding carboxylic acids is 1. The molecule has 12 heteroatoms. The lowest BCUT2D eigenvalue weighted by Crippen LogP contribution is -2.32. The highest BCUT2D eigenvalue weighted by molar-refractivity contribution is 6.39. The van der Waals surface area contributed by atoms with Gasteiger partial charge in [0.05, 0.1) is 53.6 Å². The molecule has 0 radical (unpaired) electrons. The molecule has 2 aliphatic heterocycles. The minimum Gasteiger partial charge on any atom is -0.480 e. The van der Waals surface area contributed by atoms with E-state index in [0.29, 0.717) is 63.7 Å². The van der Waals surface area contributed by atoms with Gasteiger partial charge in [0.25, 0.3) is 0 Å². The number of hydrogen-bond acceptors (Lipinski definition) is 9. The summed E-state index contributed by atoms with van der Waals surface area (Å²) in [6.45, 7) is 4.46. The number of halogens is 2. The van der Waals surface area contributed by atoms with E-state index in [1.807, 2.05) is 36.4 Å². The molecule has 0 spiro atoms. The van der Waals surface area contributed by atoms with E-state index in [2.05, 4.69) is 17.1 Å². The minimum atomic E-state index is -0.161. The van der Waals surface area contributed by atoms with Crippen LogP contribution in [0.4, 0.5) is 0 Å². The van der Waals surface area contributed by atoms with Gasteiger partial charge >= 0.3 is 0 Å². The highest BCUT2D eigenvalue weighted by Gasteiger charge is 2.34. The van der Waals surface area contributed by atoms with Gasteiger partial charge in [-0.3, -0.25) is 19.7 Å². The van der Waals surface area contributed by atoms with Crippen LogP contribution in [-0.2, 0) is 22.5 Å². The lowest BCUT2D eigenvalue weighted by molar-refractivity contribution is -0.119. The number of ether oxygens (including phenoxy) is 3. The van der Waals surface area contributed by atoms with E-state index in [1.165, 1.54) is 0 Å². The molecule has 0 saturated carbocycles. The first-order valence-corrected chi connectivity index (χ1v) is 16.9. The number of nitrogens with zero attached hydrogens (tertiary/aromatic N) is 5. The Labute approximate surface area is 291 Å². The number of hydrogen-bond donors (Lipinski definition) is 1. The van der Waals surface area contributed by atoms with Crippen molar-refractivity contribution in [2.45, 2.75) is 63.6 Å². The fourth-order valence-corrected chi connectivity index (χ4v) is 7.13. The number of methoxy groups -OCH3 is 3. The highest BCUT2D eigenvalue weighted by Crippen LogP contribution is 2.42. The second kappa shape index (κ2) is 14.7. The van der Waals surface area contributed by atoms with E-state index >= 15 is 0 Å². The van der Waals surface area contributed by atoms with Crippen LogP contribution in [0.3, 0.4) is 0 Å². The van der Waals surface area contributed by atoms with Crippen LogP contribution in [0.15, 0.2) is 48.8 Å². The van der Waals surface area contributed by atoms with Crippen molar-refractivity contribution < 1.29 is 19.0 Å². The summed E-state index contributed by atoms with van der Waals surface area (Å²) in [4.78, 5) is 32.8. The zero-order chi connectivity index (χ0) is 33.8. The molecular weight excluding hydrogens is 651 g/mol. The summed E-state index contributed by atoms with van der Waals surface area (Å²) >= 11 is 14.1. The molecule has 1 amide bonds. The van der Waals surface area contributed by atoms with Crippen molar-refractivity contribution in [3.63, 3.8) is 0 Å². The molecule has 0 bridgehead atoms. The molecule has 1 unspecified atom stereocenters. The number of nitrogens with one attached hydrogen (secondary N) is 1. The molecule has 6 rings (SSSR count). The van der Waals surface area contributed by atoms with E-state index in [-0.39, 0.29) is 17.6 Å². The molecule has 1 N–H and O–H groups in total. The maximum absolute atomic E-state index is 11.5. The normalized spacial score (nSPS) is 19.5. The molecule has 2 aromatic carbocycles. The van der Waals surface area contributed by atoms with Crippen molar-refractivity contribution in [2.24, 2.45) is 0 Å². The number of likely N-dealkylation sites (tertiary alicyclic amines) is 1. The minimum absolute atomic E-state index is 0.126. The third kappa shape index (κ3) is 7.27. The van der Waals surface area contributed by atoms with Gasteiger partial charge in [-0.1, -0.05) is 59.6 Å². The number of benzene rings is 2. The van der Waals surface area contributed by atoms with E-state index in [1.54, 1.807) is 33.7 Å². The van der Waals surface area contributed by atoms with Gasteiger partial charge in [0.2, 0.25) is 17.7 Å². The molecule has 252 valence electrons. The van der Waals surface area contributed by atoms with E-state index < -0.39 is 0 Å². The molecule has 2 saturated heterocycles. The highest BCUT2D eigenvalue weighted by atomic mass is 35.5. The lowest BCUT2D eigenvalue weighted by Gasteiger charge is -2.23. The average molecular weight is 692 g/mol. The number of amides is 1. The molecule has 48 heavy (non-hydrogen) atoms. The standard InChI is InChI=1S/C36H40Cl2N6O4/c1-36(48-4)16-17-44(21-36)20-30-35(47-3)43-29(19-40-30)26-12-7-10-24(33(26)38)23-9-6-11-25(32(23)37)28-18-39-27(34(42-28)46-2)13-5-8-22-14-15-31(45)41-22/h6-7,9-12,18-19,22H,5,8,13-17,20-21H2,1-4H3,(H,41,45)/t22-,36?/m1/s1. The first kappa shape index (κ1) is 34.0. The smallest absolute Gasteiger partial charge is 0.237 e. The van der Waals surface area contributed by atoms with Gasteiger partial charge in [-0.05, 0) is 39.0 Å². The summed E-state index contributed by atoms with van der Waals surface area (Å²) in [6.07, 6.45) is 8.34. The Morgan fingerprint density at radius 1 is 0.896 bits per heavy atom. The van der Waals surface area contributed by atoms with Crippen LogP contribution in [0.1, 0.15) is 50.4 Å². The summed E-state index contributed by atoms with van der Waals surface area (Å²) in [7, 11) is 4.95. The van der Waals surface area contributed by atoms with Gasteiger partial charge in [0.1, 0.15) is 11.4 Å². The fourth-order valence-electron chi connectivity index (χ4n) is 6.49. The Morgan fingerprint density at radius 2 is 1.48 bits per heavy atom. The summed E-state index contributed by atoms with van der Waals surface area (Å²) in [5.74, 6) is 1.04. The zero-order valence-corrected chi connectivity index (χ0v) is 29.2. The van der Waals surface area contributed by atoms with Crippen LogP contribution in [0.2, 0.25) is 10.0 Å². The van der Waals surface area contributed by atoms with Crippen molar-refractivity contribution in [2.75, 3.05) is 34.4 Å². The SMILES string of the molecule is COc1nc(-c2cccc(-c3cccc(-c4cnc(CN5CCC(C)(OC)C5)c(OC)n4)c3Cl)c2Cl)cnc1CCC[C@@H]1CCC(=O)N1. The summed E-state index contributed by atoms with van der Waals surface area (Å²) in [5, 5.41) is 4.00. The Hall–Kier alpha value is -3.83. The Kier molecular flexibility index (Phi) is 10.5. The first-order valence-electron chi connectivity index (χ1n) is 16.2. The molecule has 0 aliphatic carbocycles. The maximum Gasteiger partial charge on any atom is 0.237 e. The van der Waals surface area contributed by atoms with E-state index in [4.69, 9.17) is 57.3 Å². The second-order valence-electron chi connectivity index (χ2n) is 12.6. The predicted octanol–water partition coefficient (Wildman–Crippen LogP) is 6.80. The van der Waals surface area contributed by atoms with Crippen LogP contribution in [-0.4, -0.2) is 76.8 Å². The van der Waals surface area contributed by atoms with Crippen molar-refractivity contribution in [3.05, 3.63) is 70.2 Å². The largest absolute Gasteiger partial charge is 0.480 e. The molecule has 4 aromatic rings. The average Bonchev–Trinajstić information content (AvgIpc) is 3.70. The van der Waals surface area contributed by atoms with Gasteiger partial charge in [-0.25, -0.2) is 9.97 Å². The number of rotatable bonds is 12. The monoisotopic (exact) mass is 690 g/mol. The second-order valence-corrected chi connectivity index (χ2v) is 13.3. The molecule has 4 heterocycles. The predicted molar refractivity (Wildman–Crippen MR) is 186 cm³/mol. The van der Waals surface area contributed by atoms with Gasteiger partial charge in [-0.15, -0.1) is 0 Å². The van der Waals surface area contributed by atoms with Crippen molar-refractivity contribution in [1.82, 2.24) is 30.2 Å². The first-order chi connectivity index (χ1) is 23.2. The number of carbonyl (C=O) groups is 1. The van der Waals surface area contributed by atoms with Crippen molar-refractivity contribution in [1.29, 1.82) is 0 Å². The molecule has 2 atom stereocenters. The van der Waals surface area contributed by atoms with Gasteiger partial charge in [0.15, 0.2) is 0 Å². The molecule has 2 aromatic heterocycles. The summed E-state index contributed by atoms with van der Waals surface area (Å²) in [5.41, 5.74) is 5.47. The van der Waals surface area contributed by atoms with Crippen LogP contribution >= 0.6 is 23.2 Å². The van der Waals surface area contributed by atoms with Gasteiger partial charge in [0, 0.05) is 61.5 Å². The Balaban J connectivity index is 1.23. The summed E-state index contributed by atoms with van der Waals surface area (Å²) < 4.78 is 17.0. The fraction of sp³-hybridized carbons (Fsp3) is 0.417. The van der Waals surface area contributed by atoms with Crippen molar-refractivity contribution >= 4 is 29.1 Å². The van der Waals surface area contributed by atoms with Crippen molar-refractivity contribution in [3.8, 4) is 45.4 Å². The van der Waals surface area contributed by atoms with Crippen LogP contribution in [0, 0.1) is 0 Å². The van der Waals surface area contributed by atoms with Crippen LogP contribution in [0.25, 0.3) is 33.6 Å². The molecule has 10 nitrogen and oxygen atoms in total. The summed E-state index contributed by atoms with van der Waals surface area (Å²) in [6, 6.07) is 11.7. The quantitative estimate of drug-likeness (QED) is 0.171. The Morgan fingerprint density at radius 3 is 2.02 bits per heavy atom. The number of aryl methyl sites for hydroxylation is 1. The van der Waals surface area contributed by atoms with Crippen LogP contribution < -0.4 is 14.8 Å². The van der Waals surface area contributed by atoms with Crippen LogP contribution in [0.5, 0.6) is 11.8 Å². The maximum atomic E-state index is 11.5. The van der Waals surface area contributed by atoms with Gasteiger partial charge in [-0.2, -0.15) is 0 Å².